The molecule has 0 unspecified atom stereocenters. The number of hydrogen-bond acceptors (Lipinski definition) is 2. The van der Waals surface area contributed by atoms with E-state index in [1.807, 2.05) is 0 Å². The van der Waals surface area contributed by atoms with Gasteiger partial charge in [0.1, 0.15) is 0 Å². The minimum Gasteiger partial charge on any atom is -0.478 e. The van der Waals surface area contributed by atoms with E-state index >= 15 is 0 Å². The summed E-state index contributed by atoms with van der Waals surface area (Å²) in [6, 6.07) is 3.43. The van der Waals surface area contributed by atoms with Crippen molar-refractivity contribution < 1.29 is 14.7 Å². The molecule has 0 saturated heterocycles. The third-order valence-corrected chi connectivity index (χ3v) is 2.64. The average Bonchev–Trinajstić information content (AvgIpc) is 2.47. The lowest BCUT2D eigenvalue weighted by Crippen LogP contribution is -2.05. The summed E-state index contributed by atoms with van der Waals surface area (Å²) in [6.45, 7) is 1.76. The van der Waals surface area contributed by atoms with Gasteiger partial charge in [0, 0.05) is 12.0 Å². The van der Waals surface area contributed by atoms with Crippen LogP contribution in [0.2, 0.25) is 0 Å². The van der Waals surface area contributed by atoms with Gasteiger partial charge in [-0.25, -0.2) is 4.79 Å². The number of aromatic carboxylic acids is 1. The molecule has 0 heterocycles. The average molecular weight is 190 g/mol. The Labute approximate surface area is 81.4 Å². The Balaban J connectivity index is 2.71. The Morgan fingerprint density at radius 1 is 1.36 bits per heavy atom. The number of Topliss-reactive ketones (excluding diaryl/α,β-unsaturated/α-hetero) is 1. The van der Waals surface area contributed by atoms with Crippen LogP contribution < -0.4 is 0 Å². The highest BCUT2D eigenvalue weighted by Gasteiger charge is 2.25. The number of carboxylic acids is 1. The first kappa shape index (κ1) is 8.94. The van der Waals surface area contributed by atoms with Gasteiger partial charge in [-0.3, -0.25) is 4.79 Å². The maximum absolute atomic E-state index is 11.4. The lowest BCUT2D eigenvalue weighted by atomic mass is 9.98. The van der Waals surface area contributed by atoms with E-state index in [1.54, 1.807) is 19.1 Å². The van der Waals surface area contributed by atoms with E-state index in [1.165, 1.54) is 0 Å². The fourth-order valence-electron chi connectivity index (χ4n) is 1.96. The molecule has 1 aliphatic rings. The van der Waals surface area contributed by atoms with Gasteiger partial charge >= 0.3 is 5.97 Å². The minimum absolute atomic E-state index is 0.0579. The third kappa shape index (κ3) is 1.13. The summed E-state index contributed by atoms with van der Waals surface area (Å²) in [5, 5.41) is 9.00. The zero-order chi connectivity index (χ0) is 10.3. The molecule has 0 saturated carbocycles. The van der Waals surface area contributed by atoms with Crippen LogP contribution in [0, 0.1) is 6.92 Å². The maximum atomic E-state index is 11.4. The van der Waals surface area contributed by atoms with Crippen molar-refractivity contribution in [3.8, 4) is 0 Å². The van der Waals surface area contributed by atoms with E-state index < -0.39 is 5.97 Å². The zero-order valence-corrected chi connectivity index (χ0v) is 7.83. The molecule has 0 spiro atoms. The molecule has 1 aliphatic carbocycles. The molecule has 0 radical (unpaired) electrons. The van der Waals surface area contributed by atoms with Gasteiger partial charge in [0.15, 0.2) is 5.78 Å². The van der Waals surface area contributed by atoms with Crippen molar-refractivity contribution in [3.05, 3.63) is 34.4 Å². The van der Waals surface area contributed by atoms with Crippen molar-refractivity contribution in [1.82, 2.24) is 0 Å². The van der Waals surface area contributed by atoms with Crippen molar-refractivity contribution in [3.63, 3.8) is 0 Å². The van der Waals surface area contributed by atoms with Gasteiger partial charge in [0.25, 0.3) is 0 Å². The van der Waals surface area contributed by atoms with Crippen molar-refractivity contribution in [2.75, 3.05) is 0 Å². The van der Waals surface area contributed by atoms with Crippen LogP contribution in [0.1, 0.15) is 38.3 Å². The monoisotopic (exact) mass is 190 g/mol. The fraction of sp³-hybridized carbons (Fsp3) is 0.273. The van der Waals surface area contributed by atoms with Gasteiger partial charge < -0.3 is 5.11 Å². The number of carbonyl (C=O) groups is 2. The number of carboxylic acid groups (broad SMARTS) is 1. The molecule has 0 amide bonds. The number of ketones is 1. The first-order valence-electron chi connectivity index (χ1n) is 4.50. The summed E-state index contributed by atoms with van der Waals surface area (Å²) in [6.07, 6.45) is 1.01. The van der Waals surface area contributed by atoms with Crippen molar-refractivity contribution in [2.24, 2.45) is 0 Å². The molecule has 1 aromatic carbocycles. The molecular weight excluding hydrogens is 180 g/mol. The summed E-state index contributed by atoms with van der Waals surface area (Å²) < 4.78 is 0. The van der Waals surface area contributed by atoms with E-state index in [4.69, 9.17) is 5.11 Å². The number of fused-ring (bicyclic) bond motifs is 1. The smallest absolute Gasteiger partial charge is 0.336 e. The van der Waals surface area contributed by atoms with Gasteiger partial charge in [0.05, 0.1) is 5.56 Å². The van der Waals surface area contributed by atoms with Gasteiger partial charge in [-0.05, 0) is 24.5 Å². The second kappa shape index (κ2) is 2.94. The van der Waals surface area contributed by atoms with Crippen LogP contribution in [0.5, 0.6) is 0 Å². The second-order valence-corrected chi connectivity index (χ2v) is 3.51. The van der Waals surface area contributed by atoms with Crippen LogP contribution in [-0.4, -0.2) is 16.9 Å². The third-order valence-electron chi connectivity index (χ3n) is 2.64. The highest BCUT2D eigenvalue weighted by Crippen LogP contribution is 2.27. The van der Waals surface area contributed by atoms with Gasteiger partial charge in [-0.2, -0.15) is 0 Å². The molecule has 0 atom stereocenters. The van der Waals surface area contributed by atoms with Gasteiger partial charge in [-0.15, -0.1) is 0 Å². The van der Waals surface area contributed by atoms with E-state index in [0.29, 0.717) is 29.5 Å². The summed E-state index contributed by atoms with van der Waals surface area (Å²) in [5.74, 6) is -0.878. The SMILES string of the molecule is Cc1ccc2c(c1C(=O)O)CCC2=O. The van der Waals surface area contributed by atoms with Crippen molar-refractivity contribution in [1.29, 1.82) is 0 Å². The maximum Gasteiger partial charge on any atom is 0.336 e. The minimum atomic E-state index is -0.936. The number of benzene rings is 1. The van der Waals surface area contributed by atoms with Crippen LogP contribution in [0.3, 0.4) is 0 Å². The number of carbonyl (C=O) groups excluding carboxylic acids is 1. The highest BCUT2D eigenvalue weighted by molar-refractivity contribution is 6.04. The molecule has 1 N–H and O–H groups in total. The van der Waals surface area contributed by atoms with E-state index in [-0.39, 0.29) is 5.78 Å². The van der Waals surface area contributed by atoms with Crippen LogP contribution >= 0.6 is 0 Å². The Morgan fingerprint density at radius 3 is 2.71 bits per heavy atom. The van der Waals surface area contributed by atoms with Crippen molar-refractivity contribution >= 4 is 11.8 Å². The Hall–Kier alpha value is -1.64. The summed E-state index contributed by atoms with van der Waals surface area (Å²) in [7, 11) is 0. The van der Waals surface area contributed by atoms with E-state index in [2.05, 4.69) is 0 Å². The molecular formula is C11H10O3. The number of rotatable bonds is 1. The predicted molar refractivity (Wildman–Crippen MR) is 50.8 cm³/mol. The number of hydrogen-bond donors (Lipinski definition) is 1. The zero-order valence-electron chi connectivity index (χ0n) is 7.83. The quantitative estimate of drug-likeness (QED) is 0.734. The Morgan fingerprint density at radius 2 is 2.07 bits per heavy atom. The Bertz CT molecular complexity index is 432. The molecule has 0 aliphatic heterocycles. The fourth-order valence-corrected chi connectivity index (χ4v) is 1.96. The van der Waals surface area contributed by atoms with Crippen LogP contribution in [0.15, 0.2) is 12.1 Å². The molecule has 3 heteroatoms. The van der Waals surface area contributed by atoms with Crippen LogP contribution in [0.4, 0.5) is 0 Å². The van der Waals surface area contributed by atoms with Crippen LogP contribution in [-0.2, 0) is 6.42 Å². The van der Waals surface area contributed by atoms with Crippen molar-refractivity contribution in [2.45, 2.75) is 19.8 Å². The Kier molecular flexibility index (Phi) is 1.88. The van der Waals surface area contributed by atoms with Gasteiger partial charge in [-0.1, -0.05) is 12.1 Å². The number of aryl methyl sites for hydroxylation is 1. The lowest BCUT2D eigenvalue weighted by molar-refractivity contribution is 0.0695. The summed E-state index contributed by atoms with van der Waals surface area (Å²) in [5.41, 5.74) is 2.34. The topological polar surface area (TPSA) is 54.4 Å². The van der Waals surface area contributed by atoms with E-state index in [9.17, 15) is 9.59 Å². The predicted octanol–water partition coefficient (Wildman–Crippen LogP) is 1.82. The van der Waals surface area contributed by atoms with Gasteiger partial charge in [0.2, 0.25) is 0 Å². The molecule has 3 nitrogen and oxygen atoms in total. The molecule has 0 fully saturated rings. The normalized spacial score (nSPS) is 14.2. The summed E-state index contributed by atoms with van der Waals surface area (Å²) >= 11 is 0. The first-order valence-corrected chi connectivity index (χ1v) is 4.50. The standard InChI is InChI=1S/C11H10O3/c1-6-2-3-7-8(4-5-9(7)12)10(6)11(13)14/h2-3H,4-5H2,1H3,(H,13,14). The highest BCUT2D eigenvalue weighted by atomic mass is 16.4. The molecule has 72 valence electrons. The van der Waals surface area contributed by atoms with E-state index in [0.717, 1.165) is 5.56 Å². The molecule has 2 rings (SSSR count). The lowest BCUT2D eigenvalue weighted by Gasteiger charge is -2.06. The largest absolute Gasteiger partial charge is 0.478 e. The first-order chi connectivity index (χ1) is 6.61. The summed E-state index contributed by atoms with van der Waals surface area (Å²) in [4.78, 5) is 22.3. The van der Waals surface area contributed by atoms with Crippen LogP contribution in [0.25, 0.3) is 0 Å². The molecule has 14 heavy (non-hydrogen) atoms. The molecule has 0 bridgehead atoms. The molecule has 0 aromatic heterocycles. The molecule has 1 aromatic rings. The second-order valence-electron chi connectivity index (χ2n) is 3.51.